The Morgan fingerprint density at radius 1 is 1.17 bits per heavy atom. The normalized spacial score (nSPS) is 12.1. The fourth-order valence-electron chi connectivity index (χ4n) is 2.83. The van der Waals surface area contributed by atoms with Gasteiger partial charge in [0.2, 0.25) is 0 Å². The van der Waals surface area contributed by atoms with Crippen molar-refractivity contribution in [2.24, 2.45) is 5.92 Å². The van der Waals surface area contributed by atoms with Crippen molar-refractivity contribution in [3.63, 3.8) is 0 Å². The van der Waals surface area contributed by atoms with Gasteiger partial charge in [-0.3, -0.25) is 9.59 Å². The van der Waals surface area contributed by atoms with Crippen LogP contribution < -0.4 is 10.9 Å². The van der Waals surface area contributed by atoms with Crippen LogP contribution in [0.5, 0.6) is 0 Å². The summed E-state index contributed by atoms with van der Waals surface area (Å²) in [7, 11) is 0. The lowest BCUT2D eigenvalue weighted by Crippen LogP contribution is -2.38. The number of amides is 1. The monoisotopic (exact) mass is 409 g/mol. The van der Waals surface area contributed by atoms with Gasteiger partial charge in [-0.05, 0) is 37.1 Å². The van der Waals surface area contributed by atoms with Crippen LogP contribution in [0.25, 0.3) is 16.9 Å². The highest BCUT2D eigenvalue weighted by Crippen LogP contribution is 2.19. The molecule has 0 bridgehead atoms. The Kier molecular flexibility index (Phi) is 6.42. The predicted octanol–water partition coefficient (Wildman–Crippen LogP) is 3.09. The molecule has 1 aromatic heterocycles. The molecule has 156 valence electrons. The van der Waals surface area contributed by atoms with Crippen LogP contribution in [-0.2, 0) is 0 Å². The lowest BCUT2D eigenvalue weighted by molar-refractivity contribution is 0.0869. The summed E-state index contributed by atoms with van der Waals surface area (Å²) in [6, 6.07) is 14.3. The molecule has 30 heavy (non-hydrogen) atoms. The zero-order valence-electron chi connectivity index (χ0n) is 17.1. The first-order valence-corrected chi connectivity index (χ1v) is 9.70. The third-order valence-electron chi connectivity index (χ3n) is 4.80. The van der Waals surface area contributed by atoms with E-state index in [9.17, 15) is 19.1 Å². The number of aryl methyl sites for hydroxylation is 1. The second kappa shape index (κ2) is 9.00. The van der Waals surface area contributed by atoms with Gasteiger partial charge in [0.1, 0.15) is 11.4 Å². The molecule has 6 nitrogen and oxygen atoms in total. The van der Waals surface area contributed by atoms with Crippen LogP contribution in [0.1, 0.15) is 29.8 Å². The molecule has 0 saturated carbocycles. The maximum atomic E-state index is 13.7. The number of aromatic nitrogens is 2. The van der Waals surface area contributed by atoms with Crippen molar-refractivity contribution in [3.05, 3.63) is 81.9 Å². The minimum absolute atomic E-state index is 0.0120. The number of carbonyl (C=O) groups excluding carboxylic acids is 1. The Labute approximate surface area is 174 Å². The van der Waals surface area contributed by atoms with E-state index in [-0.39, 0.29) is 23.7 Å². The summed E-state index contributed by atoms with van der Waals surface area (Å²) in [6.45, 7) is 5.62. The number of hydrogen-bond acceptors (Lipinski definition) is 4. The molecule has 0 aliphatic carbocycles. The standard InChI is InChI=1S/C23H24FN3O3/c1-14(2)21(28)13-25-22(29)19-12-20(16-9-7-15(3)8-10-16)26-27(23(19)30)18-6-4-5-17(24)11-18/h4-12,14,21,28H,13H2,1-3H3,(H,25,29)/t21-/m0/s1. The minimum atomic E-state index is -0.738. The number of nitrogens with zero attached hydrogens (tertiary/aromatic N) is 2. The number of aliphatic hydroxyl groups is 1. The Balaban J connectivity index is 2.10. The lowest BCUT2D eigenvalue weighted by atomic mass is 10.1. The molecule has 2 N–H and O–H groups in total. The van der Waals surface area contributed by atoms with Crippen LogP contribution in [0.4, 0.5) is 4.39 Å². The van der Waals surface area contributed by atoms with Gasteiger partial charge in [-0.15, -0.1) is 0 Å². The average molecular weight is 409 g/mol. The zero-order valence-corrected chi connectivity index (χ0v) is 17.1. The van der Waals surface area contributed by atoms with Gasteiger partial charge >= 0.3 is 0 Å². The van der Waals surface area contributed by atoms with E-state index in [0.717, 1.165) is 10.2 Å². The molecular weight excluding hydrogens is 385 g/mol. The van der Waals surface area contributed by atoms with Gasteiger partial charge in [-0.1, -0.05) is 49.7 Å². The molecular formula is C23H24FN3O3. The van der Waals surface area contributed by atoms with E-state index in [1.165, 1.54) is 24.3 Å². The molecule has 3 rings (SSSR count). The van der Waals surface area contributed by atoms with Gasteiger partial charge in [0.05, 0.1) is 17.5 Å². The highest BCUT2D eigenvalue weighted by Gasteiger charge is 2.19. The molecule has 7 heteroatoms. The molecule has 1 atom stereocenters. The van der Waals surface area contributed by atoms with Gasteiger partial charge in [0, 0.05) is 12.1 Å². The molecule has 0 saturated heterocycles. The largest absolute Gasteiger partial charge is 0.391 e. The van der Waals surface area contributed by atoms with Crippen LogP contribution in [0.2, 0.25) is 0 Å². The minimum Gasteiger partial charge on any atom is -0.391 e. The van der Waals surface area contributed by atoms with Crippen LogP contribution in [0.15, 0.2) is 59.4 Å². The first kappa shape index (κ1) is 21.4. The molecule has 1 amide bonds. The van der Waals surface area contributed by atoms with Crippen molar-refractivity contribution < 1.29 is 14.3 Å². The SMILES string of the molecule is Cc1ccc(-c2cc(C(=O)NC[C@H](O)C(C)C)c(=O)n(-c3cccc(F)c3)n2)cc1. The summed E-state index contributed by atoms with van der Waals surface area (Å²) in [4.78, 5) is 25.7. The molecule has 0 aliphatic rings. The molecule has 0 fully saturated rings. The van der Waals surface area contributed by atoms with E-state index in [4.69, 9.17) is 0 Å². The second-order valence-corrected chi connectivity index (χ2v) is 7.53. The number of nitrogens with one attached hydrogen (secondary N) is 1. The average Bonchev–Trinajstić information content (AvgIpc) is 2.72. The number of halogens is 1. The van der Waals surface area contributed by atoms with E-state index in [0.29, 0.717) is 11.3 Å². The quantitative estimate of drug-likeness (QED) is 0.655. The van der Waals surface area contributed by atoms with Crippen molar-refractivity contribution >= 4 is 5.91 Å². The van der Waals surface area contributed by atoms with Gasteiger partial charge in [-0.2, -0.15) is 9.78 Å². The highest BCUT2D eigenvalue weighted by atomic mass is 19.1. The van der Waals surface area contributed by atoms with Crippen molar-refractivity contribution in [1.29, 1.82) is 0 Å². The Bertz CT molecular complexity index is 1110. The number of benzene rings is 2. The van der Waals surface area contributed by atoms with E-state index in [1.54, 1.807) is 6.07 Å². The number of hydrogen-bond donors (Lipinski definition) is 2. The molecule has 0 aliphatic heterocycles. The lowest BCUT2D eigenvalue weighted by Gasteiger charge is -2.16. The smallest absolute Gasteiger partial charge is 0.284 e. The Hall–Kier alpha value is -3.32. The summed E-state index contributed by atoms with van der Waals surface area (Å²) >= 11 is 0. The molecule has 0 unspecified atom stereocenters. The van der Waals surface area contributed by atoms with Gasteiger partial charge in [0.25, 0.3) is 11.5 Å². The topological polar surface area (TPSA) is 84.2 Å². The molecule has 1 heterocycles. The maximum absolute atomic E-state index is 13.7. The zero-order chi connectivity index (χ0) is 21.8. The van der Waals surface area contributed by atoms with Crippen molar-refractivity contribution in [2.75, 3.05) is 6.54 Å². The summed E-state index contributed by atoms with van der Waals surface area (Å²) < 4.78 is 14.8. The van der Waals surface area contributed by atoms with Crippen molar-refractivity contribution in [1.82, 2.24) is 15.1 Å². The first-order chi connectivity index (χ1) is 14.3. The number of rotatable bonds is 6. The van der Waals surface area contributed by atoms with Crippen LogP contribution in [0, 0.1) is 18.7 Å². The summed E-state index contributed by atoms with van der Waals surface area (Å²) in [6.07, 6.45) is -0.738. The summed E-state index contributed by atoms with van der Waals surface area (Å²) in [5.74, 6) is -1.19. The van der Waals surface area contributed by atoms with Crippen LogP contribution >= 0.6 is 0 Å². The summed E-state index contributed by atoms with van der Waals surface area (Å²) in [5.41, 5.74) is 1.56. The van der Waals surface area contributed by atoms with E-state index in [2.05, 4.69) is 10.4 Å². The maximum Gasteiger partial charge on any atom is 0.284 e. The van der Waals surface area contributed by atoms with Gasteiger partial charge in [0.15, 0.2) is 0 Å². The molecule has 3 aromatic rings. The van der Waals surface area contributed by atoms with Gasteiger partial charge < -0.3 is 10.4 Å². The van der Waals surface area contributed by atoms with E-state index in [1.807, 2.05) is 45.0 Å². The van der Waals surface area contributed by atoms with Gasteiger partial charge in [-0.25, -0.2) is 4.39 Å². The Morgan fingerprint density at radius 3 is 2.50 bits per heavy atom. The van der Waals surface area contributed by atoms with Crippen LogP contribution in [0.3, 0.4) is 0 Å². The summed E-state index contributed by atoms with van der Waals surface area (Å²) in [5, 5.41) is 16.9. The first-order valence-electron chi connectivity index (χ1n) is 9.70. The third kappa shape index (κ3) is 4.80. The molecule has 2 aromatic carbocycles. The second-order valence-electron chi connectivity index (χ2n) is 7.53. The Morgan fingerprint density at radius 2 is 1.87 bits per heavy atom. The fraction of sp³-hybridized carbons (Fsp3) is 0.261. The van der Waals surface area contributed by atoms with E-state index < -0.39 is 23.4 Å². The molecule has 0 radical (unpaired) electrons. The highest BCUT2D eigenvalue weighted by molar-refractivity contribution is 5.94. The molecule has 0 spiro atoms. The fourth-order valence-corrected chi connectivity index (χ4v) is 2.83. The number of aliphatic hydroxyl groups excluding tert-OH is 1. The third-order valence-corrected chi connectivity index (χ3v) is 4.80. The van der Waals surface area contributed by atoms with Crippen LogP contribution in [-0.4, -0.2) is 33.4 Å². The predicted molar refractivity (Wildman–Crippen MR) is 113 cm³/mol. The number of carbonyl (C=O) groups is 1. The van der Waals surface area contributed by atoms with Crippen molar-refractivity contribution in [3.8, 4) is 16.9 Å². The van der Waals surface area contributed by atoms with Crippen molar-refractivity contribution in [2.45, 2.75) is 26.9 Å². The van der Waals surface area contributed by atoms with E-state index >= 15 is 0 Å².